The fraction of sp³-hybridized carbons (Fsp3) is 0.200. The summed E-state index contributed by atoms with van der Waals surface area (Å²) in [5.41, 5.74) is 0.988. The molecule has 1 rings (SSSR count). The number of carbonyl (C=O) groups is 1. The van der Waals surface area contributed by atoms with Crippen molar-refractivity contribution < 1.29 is 9.53 Å². The van der Waals surface area contributed by atoms with E-state index in [0.29, 0.717) is 0 Å². The molecule has 0 atom stereocenters. The van der Waals surface area contributed by atoms with E-state index in [0.717, 1.165) is 5.56 Å². The molecule has 0 spiro atoms. The van der Waals surface area contributed by atoms with Crippen LogP contribution in [0.2, 0.25) is 0 Å². The van der Waals surface area contributed by atoms with Crippen molar-refractivity contribution in [3.8, 4) is 11.8 Å². The van der Waals surface area contributed by atoms with Gasteiger partial charge in [-0.25, -0.2) is 9.78 Å². The molecule has 1 aromatic heterocycles. The number of pyridine rings is 1. The lowest BCUT2D eigenvalue weighted by molar-refractivity contribution is 0.0594. The Balaban J connectivity index is 2.83. The van der Waals surface area contributed by atoms with Crippen molar-refractivity contribution >= 4 is 17.6 Å². The summed E-state index contributed by atoms with van der Waals surface area (Å²) in [5, 5.41) is 0. The average molecular weight is 210 g/mol. The lowest BCUT2D eigenvalue weighted by Crippen LogP contribution is -2.03. The number of halogens is 1. The number of methoxy groups -OCH3 is 1. The van der Waals surface area contributed by atoms with E-state index in [1.54, 1.807) is 12.1 Å². The van der Waals surface area contributed by atoms with Gasteiger partial charge in [0, 0.05) is 11.8 Å². The van der Waals surface area contributed by atoms with Gasteiger partial charge in [0.05, 0.1) is 13.0 Å². The van der Waals surface area contributed by atoms with Crippen molar-refractivity contribution in [3.05, 3.63) is 29.6 Å². The molecule has 0 saturated heterocycles. The maximum Gasteiger partial charge on any atom is 0.356 e. The lowest BCUT2D eigenvalue weighted by Gasteiger charge is -1.96. The summed E-state index contributed by atoms with van der Waals surface area (Å²) < 4.78 is 4.50. The second-order valence-electron chi connectivity index (χ2n) is 2.36. The van der Waals surface area contributed by atoms with Crippen LogP contribution in [0.25, 0.3) is 0 Å². The number of alkyl halides is 1. The largest absolute Gasteiger partial charge is 0.464 e. The fourth-order valence-corrected chi connectivity index (χ4v) is 0.895. The quantitative estimate of drug-likeness (QED) is 0.399. The summed E-state index contributed by atoms with van der Waals surface area (Å²) in [7, 11) is 1.31. The first-order valence-corrected chi connectivity index (χ1v) is 4.40. The Bertz CT molecular complexity index is 375. The minimum absolute atomic E-state index is 0.268. The van der Waals surface area contributed by atoms with E-state index in [1.165, 1.54) is 13.3 Å². The predicted octanol–water partition coefficient (Wildman–Crippen LogP) is 1.46. The summed E-state index contributed by atoms with van der Waals surface area (Å²) >= 11 is 5.39. The first kappa shape index (κ1) is 10.6. The van der Waals surface area contributed by atoms with Crippen LogP contribution in [-0.4, -0.2) is 23.9 Å². The van der Waals surface area contributed by atoms with Crippen LogP contribution in [0.4, 0.5) is 0 Å². The van der Waals surface area contributed by atoms with Gasteiger partial charge in [-0.05, 0) is 12.1 Å². The Kier molecular flexibility index (Phi) is 3.96. The van der Waals surface area contributed by atoms with Crippen molar-refractivity contribution in [1.82, 2.24) is 4.98 Å². The molecule has 1 aromatic rings. The van der Waals surface area contributed by atoms with Gasteiger partial charge < -0.3 is 4.74 Å². The van der Waals surface area contributed by atoms with Gasteiger partial charge in [-0.1, -0.05) is 11.8 Å². The molecule has 0 saturated carbocycles. The van der Waals surface area contributed by atoms with Crippen molar-refractivity contribution in [2.24, 2.45) is 0 Å². The van der Waals surface area contributed by atoms with Gasteiger partial charge in [-0.3, -0.25) is 0 Å². The number of carbonyl (C=O) groups excluding carboxylic acids is 1. The number of hydrogen-bond donors (Lipinski definition) is 0. The van der Waals surface area contributed by atoms with Gasteiger partial charge in [0.15, 0.2) is 0 Å². The minimum Gasteiger partial charge on any atom is -0.464 e. The molecule has 0 aliphatic heterocycles. The lowest BCUT2D eigenvalue weighted by atomic mass is 10.2. The third-order valence-electron chi connectivity index (χ3n) is 1.46. The van der Waals surface area contributed by atoms with E-state index < -0.39 is 5.97 Å². The van der Waals surface area contributed by atoms with Crippen LogP contribution in [0.15, 0.2) is 18.3 Å². The van der Waals surface area contributed by atoms with Crippen molar-refractivity contribution in [1.29, 1.82) is 0 Å². The van der Waals surface area contributed by atoms with Crippen LogP contribution in [0.1, 0.15) is 16.1 Å². The average Bonchev–Trinajstić information content (AvgIpc) is 2.26. The maximum absolute atomic E-state index is 11.0. The molecule has 3 nitrogen and oxygen atoms in total. The molecule has 0 unspecified atom stereocenters. The molecule has 0 aliphatic rings. The van der Waals surface area contributed by atoms with Gasteiger partial charge in [0.2, 0.25) is 0 Å². The highest BCUT2D eigenvalue weighted by molar-refractivity contribution is 6.19. The molecule has 0 fully saturated rings. The van der Waals surface area contributed by atoms with Crippen LogP contribution in [0, 0.1) is 11.8 Å². The van der Waals surface area contributed by atoms with E-state index >= 15 is 0 Å². The molecular formula is C10H8ClNO2. The van der Waals surface area contributed by atoms with Crippen molar-refractivity contribution in [3.63, 3.8) is 0 Å². The van der Waals surface area contributed by atoms with E-state index in [-0.39, 0.29) is 11.6 Å². The van der Waals surface area contributed by atoms with Crippen LogP contribution in [0.5, 0.6) is 0 Å². The Morgan fingerprint density at radius 1 is 1.64 bits per heavy atom. The zero-order valence-corrected chi connectivity index (χ0v) is 8.34. The van der Waals surface area contributed by atoms with Crippen LogP contribution < -0.4 is 0 Å². The molecule has 0 radical (unpaired) electrons. The zero-order chi connectivity index (χ0) is 10.4. The van der Waals surface area contributed by atoms with E-state index in [2.05, 4.69) is 21.6 Å². The van der Waals surface area contributed by atoms with Gasteiger partial charge in [-0.15, -0.1) is 11.6 Å². The third-order valence-corrected chi connectivity index (χ3v) is 1.59. The second kappa shape index (κ2) is 5.25. The summed E-state index contributed by atoms with van der Waals surface area (Å²) in [6.07, 6.45) is 1.51. The van der Waals surface area contributed by atoms with Crippen LogP contribution in [-0.2, 0) is 4.74 Å². The third kappa shape index (κ3) is 2.75. The molecule has 0 amide bonds. The first-order chi connectivity index (χ1) is 6.77. The zero-order valence-electron chi connectivity index (χ0n) is 7.58. The first-order valence-electron chi connectivity index (χ1n) is 3.87. The molecule has 0 bridgehead atoms. The Labute approximate surface area is 87.1 Å². The SMILES string of the molecule is COC(=O)c1ccc(C#CCCl)cn1. The highest BCUT2D eigenvalue weighted by Crippen LogP contribution is 2.00. The maximum atomic E-state index is 11.0. The van der Waals surface area contributed by atoms with Gasteiger partial charge in [-0.2, -0.15) is 0 Å². The molecular weight excluding hydrogens is 202 g/mol. The molecule has 4 heteroatoms. The van der Waals surface area contributed by atoms with Gasteiger partial charge in [0.25, 0.3) is 0 Å². The molecule has 72 valence electrons. The highest BCUT2D eigenvalue weighted by Gasteiger charge is 2.04. The predicted molar refractivity (Wildman–Crippen MR) is 53.2 cm³/mol. The van der Waals surface area contributed by atoms with E-state index in [4.69, 9.17) is 11.6 Å². The smallest absolute Gasteiger partial charge is 0.356 e. The number of esters is 1. The fourth-order valence-electron chi connectivity index (χ4n) is 0.829. The minimum atomic E-state index is -0.457. The topological polar surface area (TPSA) is 39.2 Å². The van der Waals surface area contributed by atoms with Gasteiger partial charge >= 0.3 is 5.97 Å². The number of rotatable bonds is 1. The highest BCUT2D eigenvalue weighted by atomic mass is 35.5. The monoisotopic (exact) mass is 209 g/mol. The van der Waals surface area contributed by atoms with Crippen molar-refractivity contribution in [2.45, 2.75) is 0 Å². The van der Waals surface area contributed by atoms with E-state index in [9.17, 15) is 4.79 Å². The number of hydrogen-bond acceptors (Lipinski definition) is 3. The number of aromatic nitrogens is 1. The molecule has 0 aliphatic carbocycles. The Morgan fingerprint density at radius 2 is 2.43 bits per heavy atom. The van der Waals surface area contributed by atoms with Crippen LogP contribution >= 0.6 is 11.6 Å². The van der Waals surface area contributed by atoms with Crippen LogP contribution in [0.3, 0.4) is 0 Å². The summed E-state index contributed by atoms with van der Waals surface area (Å²) in [6.45, 7) is 0. The molecule has 0 aromatic carbocycles. The Hall–Kier alpha value is -1.53. The van der Waals surface area contributed by atoms with Crippen molar-refractivity contribution in [2.75, 3.05) is 13.0 Å². The summed E-state index contributed by atoms with van der Waals surface area (Å²) in [6, 6.07) is 3.25. The summed E-state index contributed by atoms with van der Waals surface area (Å²) in [5.74, 6) is 5.29. The molecule has 1 heterocycles. The standard InChI is InChI=1S/C10H8ClNO2/c1-14-10(13)9-5-4-8(7-12-9)3-2-6-11/h4-5,7H,6H2,1H3. The van der Waals surface area contributed by atoms with E-state index in [1.807, 2.05) is 0 Å². The Morgan fingerprint density at radius 3 is 2.93 bits per heavy atom. The molecule has 14 heavy (non-hydrogen) atoms. The second-order valence-corrected chi connectivity index (χ2v) is 2.63. The van der Waals surface area contributed by atoms with Gasteiger partial charge in [0.1, 0.15) is 5.69 Å². The molecule has 0 N–H and O–H groups in total. The summed E-state index contributed by atoms with van der Waals surface area (Å²) in [4.78, 5) is 14.9. The number of nitrogens with zero attached hydrogens (tertiary/aromatic N) is 1. The number of ether oxygens (including phenoxy) is 1. The normalized spacial score (nSPS) is 8.71.